The lowest BCUT2D eigenvalue weighted by atomic mass is 10.1. The molecule has 0 atom stereocenters. The lowest BCUT2D eigenvalue weighted by Gasteiger charge is -2.11. The summed E-state index contributed by atoms with van der Waals surface area (Å²) in [5, 5.41) is 3.61. The second kappa shape index (κ2) is 6.85. The van der Waals surface area contributed by atoms with Crippen molar-refractivity contribution in [2.75, 3.05) is 24.2 Å². The van der Waals surface area contributed by atoms with Gasteiger partial charge in [-0.3, -0.25) is 4.79 Å². The largest absolute Gasteiger partial charge is 0.492 e. The number of ether oxygens (including phenoxy) is 1. The van der Waals surface area contributed by atoms with Crippen molar-refractivity contribution in [2.45, 2.75) is 0 Å². The van der Waals surface area contributed by atoms with Crippen molar-refractivity contribution in [1.82, 2.24) is 0 Å². The van der Waals surface area contributed by atoms with E-state index in [1.165, 1.54) is 0 Å². The third-order valence-corrected chi connectivity index (χ3v) is 3.03. The lowest BCUT2D eigenvalue weighted by Crippen LogP contribution is -2.17. The summed E-state index contributed by atoms with van der Waals surface area (Å²) in [5.74, 6) is 0.184. The number of amides is 1. The van der Waals surface area contributed by atoms with E-state index in [2.05, 4.69) is 5.32 Å². The first-order chi connectivity index (χ1) is 10.1. The first-order valence-corrected chi connectivity index (χ1v) is 6.75. The molecule has 2 aromatic rings. The molecule has 2 aromatic carbocycles. The molecule has 0 saturated carbocycles. The topological polar surface area (TPSA) is 90.4 Å². The number of rotatable bonds is 6. The Bertz CT molecular complexity index is 647. The van der Waals surface area contributed by atoms with Crippen molar-refractivity contribution in [1.29, 1.82) is 0 Å². The van der Waals surface area contributed by atoms with Crippen LogP contribution in [0.25, 0.3) is 0 Å². The molecule has 5 nitrogen and oxygen atoms in total. The standard InChI is InChI=1S/C15H16ClN3O2/c16-10-4-5-13(15(18)20)14(8-10)19-6-7-21-12-3-1-2-11(17)9-12/h1-5,8-9,19H,6-7,17H2,(H2,18,20). The zero-order valence-corrected chi connectivity index (χ0v) is 12.1. The van der Waals surface area contributed by atoms with Crippen molar-refractivity contribution in [2.24, 2.45) is 5.73 Å². The molecule has 5 N–H and O–H groups in total. The van der Waals surface area contributed by atoms with Gasteiger partial charge in [-0.25, -0.2) is 0 Å². The summed E-state index contributed by atoms with van der Waals surface area (Å²) in [6.07, 6.45) is 0. The van der Waals surface area contributed by atoms with Gasteiger partial charge in [0, 0.05) is 29.0 Å². The smallest absolute Gasteiger partial charge is 0.250 e. The van der Waals surface area contributed by atoms with Crippen LogP contribution in [0.1, 0.15) is 10.4 Å². The minimum atomic E-state index is -0.508. The molecule has 0 bridgehead atoms. The summed E-state index contributed by atoms with van der Waals surface area (Å²) in [7, 11) is 0. The number of hydrogen-bond donors (Lipinski definition) is 3. The SMILES string of the molecule is NC(=O)c1ccc(Cl)cc1NCCOc1cccc(N)c1. The molecule has 0 fully saturated rings. The van der Waals surface area contributed by atoms with Crippen molar-refractivity contribution in [3.63, 3.8) is 0 Å². The Labute approximate surface area is 127 Å². The summed E-state index contributed by atoms with van der Waals surface area (Å²) in [4.78, 5) is 11.3. The van der Waals surface area contributed by atoms with Gasteiger partial charge in [0.1, 0.15) is 12.4 Å². The van der Waals surface area contributed by atoms with E-state index in [1.807, 2.05) is 12.1 Å². The summed E-state index contributed by atoms with van der Waals surface area (Å²) in [5.41, 5.74) is 12.6. The number of nitrogens with two attached hydrogens (primary N) is 2. The number of carbonyl (C=O) groups is 1. The summed E-state index contributed by atoms with van der Waals surface area (Å²) in [6.45, 7) is 0.906. The van der Waals surface area contributed by atoms with Crippen LogP contribution in [0.5, 0.6) is 5.75 Å². The molecule has 0 aromatic heterocycles. The summed E-state index contributed by atoms with van der Waals surface area (Å²) >= 11 is 5.91. The fraction of sp³-hybridized carbons (Fsp3) is 0.133. The average molecular weight is 306 g/mol. The Kier molecular flexibility index (Phi) is 4.90. The van der Waals surface area contributed by atoms with Crippen molar-refractivity contribution in [3.8, 4) is 5.75 Å². The maximum absolute atomic E-state index is 11.3. The molecule has 0 spiro atoms. The third-order valence-electron chi connectivity index (χ3n) is 2.79. The van der Waals surface area contributed by atoms with Crippen LogP contribution in [0.4, 0.5) is 11.4 Å². The first-order valence-electron chi connectivity index (χ1n) is 6.38. The van der Waals surface area contributed by atoms with Crippen molar-refractivity contribution in [3.05, 3.63) is 53.1 Å². The molecule has 0 saturated heterocycles. The zero-order chi connectivity index (χ0) is 15.2. The van der Waals surface area contributed by atoms with Crippen LogP contribution < -0.4 is 21.5 Å². The number of hydrogen-bond acceptors (Lipinski definition) is 4. The van der Waals surface area contributed by atoms with Crippen LogP contribution >= 0.6 is 11.6 Å². The Morgan fingerprint density at radius 2 is 2.05 bits per heavy atom. The van der Waals surface area contributed by atoms with Crippen LogP contribution in [-0.2, 0) is 0 Å². The quantitative estimate of drug-likeness (QED) is 0.565. The number of nitrogen functional groups attached to an aromatic ring is 1. The van der Waals surface area contributed by atoms with Crippen molar-refractivity contribution < 1.29 is 9.53 Å². The predicted octanol–water partition coefficient (Wildman–Crippen LogP) is 2.51. The summed E-state index contributed by atoms with van der Waals surface area (Å²) in [6, 6.07) is 12.0. The van der Waals surface area contributed by atoms with Gasteiger partial charge >= 0.3 is 0 Å². The Hall–Kier alpha value is -2.40. The maximum Gasteiger partial charge on any atom is 0.250 e. The zero-order valence-electron chi connectivity index (χ0n) is 11.3. The third kappa shape index (κ3) is 4.29. The molecule has 1 amide bonds. The van der Waals surface area contributed by atoms with E-state index in [0.717, 1.165) is 0 Å². The van der Waals surface area contributed by atoms with Crippen LogP contribution in [0.15, 0.2) is 42.5 Å². The molecular formula is C15H16ClN3O2. The minimum absolute atomic E-state index is 0.392. The van der Waals surface area contributed by atoms with E-state index in [4.69, 9.17) is 27.8 Å². The second-order valence-corrected chi connectivity index (χ2v) is 4.84. The van der Waals surface area contributed by atoms with Crippen molar-refractivity contribution >= 4 is 28.9 Å². The van der Waals surface area contributed by atoms with Crippen LogP contribution in [-0.4, -0.2) is 19.1 Å². The lowest BCUT2D eigenvalue weighted by molar-refractivity contribution is 0.100. The Morgan fingerprint density at radius 3 is 2.76 bits per heavy atom. The van der Waals surface area contributed by atoms with Gasteiger partial charge in [-0.05, 0) is 30.3 Å². The number of halogens is 1. The number of nitrogens with one attached hydrogen (secondary N) is 1. The fourth-order valence-corrected chi connectivity index (χ4v) is 2.01. The van der Waals surface area contributed by atoms with Crippen LogP contribution in [0.2, 0.25) is 5.02 Å². The van der Waals surface area contributed by atoms with Crippen LogP contribution in [0.3, 0.4) is 0 Å². The van der Waals surface area contributed by atoms with Gasteiger partial charge in [0.25, 0.3) is 5.91 Å². The van der Waals surface area contributed by atoms with Gasteiger partial charge in [-0.15, -0.1) is 0 Å². The van der Waals surface area contributed by atoms with Gasteiger partial charge in [-0.2, -0.15) is 0 Å². The van der Waals surface area contributed by atoms with Crippen LogP contribution in [0, 0.1) is 0 Å². The van der Waals surface area contributed by atoms with E-state index in [0.29, 0.717) is 40.9 Å². The molecule has 110 valence electrons. The Balaban J connectivity index is 1.91. The number of benzene rings is 2. The predicted molar refractivity (Wildman–Crippen MR) is 84.8 cm³/mol. The fourth-order valence-electron chi connectivity index (χ4n) is 1.84. The normalized spacial score (nSPS) is 10.1. The Morgan fingerprint density at radius 1 is 1.24 bits per heavy atom. The number of anilines is 2. The van der Waals surface area contributed by atoms with Gasteiger partial charge < -0.3 is 21.5 Å². The van der Waals surface area contributed by atoms with E-state index < -0.39 is 5.91 Å². The highest BCUT2D eigenvalue weighted by Crippen LogP contribution is 2.20. The molecule has 21 heavy (non-hydrogen) atoms. The molecule has 6 heteroatoms. The minimum Gasteiger partial charge on any atom is -0.492 e. The second-order valence-electron chi connectivity index (χ2n) is 4.40. The van der Waals surface area contributed by atoms with E-state index in [9.17, 15) is 4.79 Å². The molecule has 0 aliphatic carbocycles. The molecular weight excluding hydrogens is 290 g/mol. The maximum atomic E-state index is 11.3. The number of primary amides is 1. The van der Waals surface area contributed by atoms with E-state index in [-0.39, 0.29) is 0 Å². The van der Waals surface area contributed by atoms with Gasteiger partial charge in [0.15, 0.2) is 0 Å². The molecule has 0 heterocycles. The van der Waals surface area contributed by atoms with Gasteiger partial charge in [-0.1, -0.05) is 17.7 Å². The van der Waals surface area contributed by atoms with E-state index >= 15 is 0 Å². The molecule has 0 aliphatic rings. The number of carbonyl (C=O) groups excluding carboxylic acids is 1. The van der Waals surface area contributed by atoms with Gasteiger partial charge in [0.2, 0.25) is 0 Å². The first kappa shape index (κ1) is 15.0. The summed E-state index contributed by atoms with van der Waals surface area (Å²) < 4.78 is 5.55. The highest BCUT2D eigenvalue weighted by Gasteiger charge is 2.08. The highest BCUT2D eigenvalue weighted by atomic mass is 35.5. The molecule has 0 unspecified atom stereocenters. The molecule has 2 rings (SSSR count). The highest BCUT2D eigenvalue weighted by molar-refractivity contribution is 6.31. The monoisotopic (exact) mass is 305 g/mol. The van der Waals surface area contributed by atoms with E-state index in [1.54, 1.807) is 30.3 Å². The molecule has 0 aliphatic heterocycles. The molecule has 0 radical (unpaired) electrons. The average Bonchev–Trinajstić information content (AvgIpc) is 2.43. The van der Waals surface area contributed by atoms with Gasteiger partial charge in [0.05, 0.1) is 5.56 Å².